The van der Waals surface area contributed by atoms with Crippen LogP contribution in [0, 0.1) is 0 Å². The Bertz CT molecular complexity index is 603. The molecule has 1 aromatic carbocycles. The average molecular weight is 259 g/mol. The molecular weight excluding hydrogens is 251 g/mol. The molecule has 0 aliphatic rings. The normalized spacial score (nSPS) is 13.8. The lowest BCUT2D eigenvalue weighted by Crippen LogP contribution is -2.10. The van der Waals surface area contributed by atoms with Crippen molar-refractivity contribution in [3.8, 4) is 0 Å². The molecule has 0 saturated carbocycles. The molecule has 2 rings (SSSR count). The lowest BCUT2D eigenvalue weighted by atomic mass is 10.1. The van der Waals surface area contributed by atoms with Crippen molar-refractivity contribution in [1.29, 1.82) is 0 Å². The molecule has 3 N–H and O–H groups in total. The number of rotatable bonds is 2. The Morgan fingerprint density at radius 3 is 2.56 bits per heavy atom. The molecule has 0 bridgehead atoms. The SMILES string of the molecule is O=C(O)C(O)c1cc2cccc(C(F)(F)F)c2[nH]1. The van der Waals surface area contributed by atoms with Gasteiger partial charge in [0.05, 0.1) is 16.8 Å². The fraction of sp³-hybridized carbons (Fsp3) is 0.182. The zero-order valence-corrected chi connectivity index (χ0v) is 8.82. The van der Waals surface area contributed by atoms with Crippen molar-refractivity contribution in [2.24, 2.45) is 0 Å². The van der Waals surface area contributed by atoms with E-state index in [1.807, 2.05) is 0 Å². The molecule has 1 aromatic heterocycles. The van der Waals surface area contributed by atoms with Crippen LogP contribution in [-0.4, -0.2) is 21.2 Å². The minimum atomic E-state index is -4.55. The number of aliphatic carboxylic acids is 1. The zero-order valence-electron chi connectivity index (χ0n) is 8.82. The Morgan fingerprint density at radius 1 is 1.33 bits per heavy atom. The minimum absolute atomic E-state index is 0.186. The molecule has 0 fully saturated rings. The zero-order chi connectivity index (χ0) is 13.5. The predicted molar refractivity (Wildman–Crippen MR) is 55.9 cm³/mol. The van der Waals surface area contributed by atoms with Crippen LogP contribution in [0.2, 0.25) is 0 Å². The number of carboxylic acids is 1. The number of alkyl halides is 3. The third kappa shape index (κ3) is 2.04. The molecule has 0 amide bonds. The van der Waals surface area contributed by atoms with E-state index in [4.69, 9.17) is 5.11 Å². The van der Waals surface area contributed by atoms with Crippen LogP contribution in [0.1, 0.15) is 17.4 Å². The summed E-state index contributed by atoms with van der Waals surface area (Å²) in [6, 6.07) is 4.69. The van der Waals surface area contributed by atoms with Crippen LogP contribution in [0.5, 0.6) is 0 Å². The first kappa shape index (κ1) is 12.4. The lowest BCUT2D eigenvalue weighted by Gasteiger charge is -2.07. The number of carbonyl (C=O) groups is 1. The number of halogens is 3. The van der Waals surface area contributed by atoms with Gasteiger partial charge in [-0.25, -0.2) is 4.79 Å². The second kappa shape index (κ2) is 4.02. The van der Waals surface area contributed by atoms with Crippen LogP contribution in [0.15, 0.2) is 24.3 Å². The van der Waals surface area contributed by atoms with Gasteiger partial charge in [-0.15, -0.1) is 0 Å². The number of carboxylic acid groups (broad SMARTS) is 1. The number of aliphatic hydroxyl groups is 1. The Kier molecular flexibility index (Phi) is 2.78. The van der Waals surface area contributed by atoms with Crippen LogP contribution in [0.25, 0.3) is 10.9 Å². The summed E-state index contributed by atoms with van der Waals surface area (Å²) in [6.07, 6.45) is -6.42. The van der Waals surface area contributed by atoms with Crippen molar-refractivity contribution in [3.63, 3.8) is 0 Å². The third-order valence-electron chi connectivity index (χ3n) is 2.51. The van der Waals surface area contributed by atoms with Crippen LogP contribution in [-0.2, 0) is 11.0 Å². The van der Waals surface area contributed by atoms with Gasteiger partial charge < -0.3 is 15.2 Å². The minimum Gasteiger partial charge on any atom is -0.479 e. The molecule has 1 unspecified atom stereocenters. The largest absolute Gasteiger partial charge is 0.479 e. The molecule has 18 heavy (non-hydrogen) atoms. The van der Waals surface area contributed by atoms with Gasteiger partial charge in [0.25, 0.3) is 0 Å². The van der Waals surface area contributed by atoms with E-state index in [1.54, 1.807) is 0 Å². The van der Waals surface area contributed by atoms with E-state index < -0.39 is 23.8 Å². The van der Waals surface area contributed by atoms with Gasteiger partial charge in [-0.1, -0.05) is 12.1 Å². The number of para-hydroxylation sites is 1. The maximum Gasteiger partial charge on any atom is 0.418 e. The van der Waals surface area contributed by atoms with Gasteiger partial charge in [-0.3, -0.25) is 0 Å². The van der Waals surface area contributed by atoms with Gasteiger partial charge in [0, 0.05) is 5.39 Å². The second-order valence-corrected chi connectivity index (χ2v) is 3.73. The van der Waals surface area contributed by atoms with Gasteiger partial charge in [0.2, 0.25) is 0 Å². The highest BCUT2D eigenvalue weighted by molar-refractivity contribution is 5.86. The summed E-state index contributed by atoms with van der Waals surface area (Å²) in [5.41, 5.74) is -1.32. The Labute approximate surface area is 98.7 Å². The highest BCUT2D eigenvalue weighted by atomic mass is 19.4. The number of aliphatic hydroxyl groups excluding tert-OH is 1. The third-order valence-corrected chi connectivity index (χ3v) is 2.51. The van der Waals surface area contributed by atoms with Crippen molar-refractivity contribution in [3.05, 3.63) is 35.5 Å². The molecule has 96 valence electrons. The van der Waals surface area contributed by atoms with Crippen LogP contribution in [0.3, 0.4) is 0 Å². The van der Waals surface area contributed by atoms with Crippen LogP contribution < -0.4 is 0 Å². The number of nitrogens with one attached hydrogen (secondary N) is 1. The van der Waals surface area contributed by atoms with Gasteiger partial charge in [-0.05, 0) is 12.1 Å². The Balaban J connectivity index is 2.62. The van der Waals surface area contributed by atoms with E-state index in [9.17, 15) is 23.1 Å². The number of hydrogen-bond acceptors (Lipinski definition) is 2. The number of H-pyrrole nitrogens is 1. The first-order chi connectivity index (χ1) is 8.30. The van der Waals surface area contributed by atoms with Crippen LogP contribution in [0.4, 0.5) is 13.2 Å². The first-order valence-corrected chi connectivity index (χ1v) is 4.90. The summed E-state index contributed by atoms with van der Waals surface area (Å²) in [5.74, 6) is -1.53. The number of fused-ring (bicyclic) bond motifs is 1. The van der Waals surface area contributed by atoms with Crippen molar-refractivity contribution >= 4 is 16.9 Å². The topological polar surface area (TPSA) is 73.3 Å². The monoisotopic (exact) mass is 259 g/mol. The maximum atomic E-state index is 12.7. The van der Waals surface area contributed by atoms with E-state index >= 15 is 0 Å². The number of aromatic nitrogens is 1. The summed E-state index contributed by atoms with van der Waals surface area (Å²) < 4.78 is 38.1. The second-order valence-electron chi connectivity index (χ2n) is 3.73. The molecule has 0 radical (unpaired) electrons. The maximum absolute atomic E-state index is 12.7. The highest BCUT2D eigenvalue weighted by Crippen LogP contribution is 2.35. The van der Waals surface area contributed by atoms with Gasteiger partial charge >= 0.3 is 12.1 Å². The standard InChI is InChI=1S/C11H8F3NO3/c12-11(13,14)6-3-1-2-5-4-7(15-8(5)6)9(16)10(17)18/h1-4,9,15-16H,(H,17,18). The van der Waals surface area contributed by atoms with E-state index in [0.29, 0.717) is 0 Å². The molecular formula is C11H8F3NO3. The summed E-state index contributed by atoms with van der Waals surface area (Å²) in [4.78, 5) is 12.9. The Hall–Kier alpha value is -2.02. The highest BCUT2D eigenvalue weighted by Gasteiger charge is 2.33. The predicted octanol–water partition coefficient (Wildman–Crippen LogP) is 2.30. The van der Waals surface area contributed by atoms with Crippen molar-refractivity contribution in [1.82, 2.24) is 4.98 Å². The molecule has 1 heterocycles. The molecule has 0 spiro atoms. The molecule has 0 saturated heterocycles. The molecule has 4 nitrogen and oxygen atoms in total. The summed E-state index contributed by atoms with van der Waals surface area (Å²) in [7, 11) is 0. The number of hydrogen-bond donors (Lipinski definition) is 3. The first-order valence-electron chi connectivity index (χ1n) is 4.90. The van der Waals surface area contributed by atoms with Gasteiger partial charge in [-0.2, -0.15) is 13.2 Å². The molecule has 1 atom stereocenters. The van der Waals surface area contributed by atoms with E-state index in [1.165, 1.54) is 18.2 Å². The fourth-order valence-electron chi connectivity index (χ4n) is 1.69. The molecule has 2 aromatic rings. The van der Waals surface area contributed by atoms with Crippen molar-refractivity contribution < 1.29 is 28.2 Å². The van der Waals surface area contributed by atoms with E-state index in [-0.39, 0.29) is 16.6 Å². The summed E-state index contributed by atoms with van der Waals surface area (Å²) in [6.45, 7) is 0. The molecule has 7 heteroatoms. The molecule has 0 aliphatic heterocycles. The van der Waals surface area contributed by atoms with Crippen molar-refractivity contribution in [2.75, 3.05) is 0 Å². The average Bonchev–Trinajstić information content (AvgIpc) is 2.69. The van der Waals surface area contributed by atoms with E-state index in [0.717, 1.165) is 6.07 Å². The smallest absolute Gasteiger partial charge is 0.418 e. The number of aromatic amines is 1. The Morgan fingerprint density at radius 2 is 2.00 bits per heavy atom. The van der Waals surface area contributed by atoms with E-state index in [2.05, 4.69) is 4.98 Å². The quantitative estimate of drug-likeness (QED) is 0.774. The molecule has 0 aliphatic carbocycles. The van der Waals surface area contributed by atoms with Gasteiger partial charge in [0.15, 0.2) is 6.10 Å². The van der Waals surface area contributed by atoms with Crippen molar-refractivity contribution in [2.45, 2.75) is 12.3 Å². The summed E-state index contributed by atoms with van der Waals surface area (Å²) in [5, 5.41) is 18.1. The van der Waals surface area contributed by atoms with Gasteiger partial charge in [0.1, 0.15) is 0 Å². The fourth-order valence-corrected chi connectivity index (χ4v) is 1.69. The number of benzene rings is 1. The summed E-state index contributed by atoms with van der Waals surface area (Å²) >= 11 is 0. The lowest BCUT2D eigenvalue weighted by molar-refractivity contribution is -0.147. The van der Waals surface area contributed by atoms with Crippen LogP contribution >= 0.6 is 0 Å².